The molecule has 0 aliphatic heterocycles. The predicted octanol–water partition coefficient (Wildman–Crippen LogP) is 2.68. The third-order valence-corrected chi connectivity index (χ3v) is 4.06. The average Bonchev–Trinajstić information content (AvgIpc) is 2.87. The number of hydrogen-bond acceptors (Lipinski definition) is 4. The molecule has 0 unspecified atom stereocenters. The minimum atomic E-state index is 0.0320. The third kappa shape index (κ3) is 3.38. The Morgan fingerprint density at radius 2 is 2.29 bits per heavy atom. The van der Waals surface area contributed by atoms with Gasteiger partial charge in [0.2, 0.25) is 5.91 Å². The van der Waals surface area contributed by atoms with Gasteiger partial charge in [-0.2, -0.15) is 11.3 Å². The van der Waals surface area contributed by atoms with E-state index in [9.17, 15) is 4.79 Å². The molecule has 0 bridgehead atoms. The molecule has 0 spiro atoms. The summed E-state index contributed by atoms with van der Waals surface area (Å²) in [4.78, 5) is 17.2. The Hall–Kier alpha value is -1.20. The first kappa shape index (κ1) is 12.3. The molecule has 1 N–H and O–H groups in total. The van der Waals surface area contributed by atoms with Crippen molar-refractivity contribution < 1.29 is 4.79 Å². The largest absolute Gasteiger partial charge is 0.352 e. The highest BCUT2D eigenvalue weighted by Crippen LogP contribution is 2.16. The second-order valence-corrected chi connectivity index (χ2v) is 6.01. The van der Waals surface area contributed by atoms with Gasteiger partial charge in [-0.1, -0.05) is 0 Å². The van der Waals surface area contributed by atoms with Crippen LogP contribution in [-0.4, -0.2) is 10.9 Å². The fourth-order valence-corrected chi connectivity index (χ4v) is 3.05. The Labute approximate surface area is 109 Å². The average molecular weight is 266 g/mol. The van der Waals surface area contributed by atoms with Crippen LogP contribution >= 0.6 is 22.7 Å². The van der Waals surface area contributed by atoms with E-state index in [1.165, 1.54) is 0 Å². The summed E-state index contributed by atoms with van der Waals surface area (Å²) in [6.45, 7) is 4.57. The first-order valence-electron chi connectivity index (χ1n) is 5.36. The second kappa shape index (κ2) is 5.42. The van der Waals surface area contributed by atoms with Crippen LogP contribution in [0.3, 0.4) is 0 Å². The van der Waals surface area contributed by atoms with Crippen molar-refractivity contribution in [3.8, 4) is 0 Å². The fraction of sp³-hybridized carbons (Fsp3) is 0.333. The van der Waals surface area contributed by atoms with Gasteiger partial charge in [0.05, 0.1) is 17.1 Å². The molecule has 1 amide bonds. The molecule has 0 radical (unpaired) electrons. The molecule has 2 aromatic heterocycles. The standard InChI is InChI=1S/C12H14N2OS2/c1-8-11(14-9(2)17-8)5-12(15)13-6-10-3-4-16-7-10/h3-4,7H,5-6H2,1-2H3,(H,13,15). The zero-order valence-corrected chi connectivity index (χ0v) is 11.5. The topological polar surface area (TPSA) is 42.0 Å². The number of amides is 1. The van der Waals surface area contributed by atoms with Crippen LogP contribution in [0, 0.1) is 13.8 Å². The van der Waals surface area contributed by atoms with Crippen molar-refractivity contribution in [3.05, 3.63) is 38.0 Å². The summed E-state index contributed by atoms with van der Waals surface area (Å²) in [5.41, 5.74) is 2.05. The summed E-state index contributed by atoms with van der Waals surface area (Å²) in [6, 6.07) is 2.02. The first-order chi connectivity index (χ1) is 8.15. The summed E-state index contributed by atoms with van der Waals surface area (Å²) in [6.07, 6.45) is 0.375. The fourth-order valence-electron chi connectivity index (χ4n) is 1.54. The molecular formula is C12H14N2OS2. The molecule has 0 saturated heterocycles. The van der Waals surface area contributed by atoms with Crippen molar-refractivity contribution in [3.63, 3.8) is 0 Å². The third-order valence-electron chi connectivity index (χ3n) is 2.40. The lowest BCUT2D eigenvalue weighted by Crippen LogP contribution is -2.24. The van der Waals surface area contributed by atoms with Crippen LogP contribution < -0.4 is 5.32 Å². The normalized spacial score (nSPS) is 10.5. The zero-order valence-electron chi connectivity index (χ0n) is 9.82. The number of nitrogens with zero attached hydrogens (tertiary/aromatic N) is 1. The minimum Gasteiger partial charge on any atom is -0.352 e. The SMILES string of the molecule is Cc1nc(CC(=O)NCc2ccsc2)c(C)s1. The van der Waals surface area contributed by atoms with Gasteiger partial charge in [0.25, 0.3) is 0 Å². The summed E-state index contributed by atoms with van der Waals surface area (Å²) in [5.74, 6) is 0.0320. The summed E-state index contributed by atoms with van der Waals surface area (Å²) < 4.78 is 0. The van der Waals surface area contributed by atoms with Gasteiger partial charge in [-0.3, -0.25) is 4.79 Å². The molecule has 2 heterocycles. The van der Waals surface area contributed by atoms with Gasteiger partial charge in [-0.25, -0.2) is 4.98 Å². The van der Waals surface area contributed by atoms with E-state index in [2.05, 4.69) is 10.3 Å². The lowest BCUT2D eigenvalue weighted by molar-refractivity contribution is -0.120. The van der Waals surface area contributed by atoms with E-state index >= 15 is 0 Å². The number of thiazole rings is 1. The Morgan fingerprint density at radius 1 is 1.47 bits per heavy atom. The Balaban J connectivity index is 1.87. The number of rotatable bonds is 4. The van der Waals surface area contributed by atoms with Crippen LogP contribution in [0.5, 0.6) is 0 Å². The van der Waals surface area contributed by atoms with Gasteiger partial charge in [0.1, 0.15) is 0 Å². The zero-order chi connectivity index (χ0) is 12.3. The van der Waals surface area contributed by atoms with Gasteiger partial charge in [-0.15, -0.1) is 11.3 Å². The highest BCUT2D eigenvalue weighted by Gasteiger charge is 2.09. The van der Waals surface area contributed by atoms with E-state index in [-0.39, 0.29) is 5.91 Å². The van der Waals surface area contributed by atoms with Crippen LogP contribution in [0.25, 0.3) is 0 Å². The molecule has 0 aliphatic carbocycles. The maximum atomic E-state index is 11.7. The minimum absolute atomic E-state index is 0.0320. The maximum Gasteiger partial charge on any atom is 0.226 e. The monoisotopic (exact) mass is 266 g/mol. The van der Waals surface area contributed by atoms with Gasteiger partial charge in [0, 0.05) is 11.4 Å². The van der Waals surface area contributed by atoms with Crippen molar-refractivity contribution in [2.24, 2.45) is 0 Å². The van der Waals surface area contributed by atoms with Crippen molar-refractivity contribution in [1.82, 2.24) is 10.3 Å². The molecule has 0 atom stereocenters. The van der Waals surface area contributed by atoms with Gasteiger partial charge in [-0.05, 0) is 36.2 Å². The maximum absolute atomic E-state index is 11.7. The van der Waals surface area contributed by atoms with E-state index in [0.717, 1.165) is 21.1 Å². The number of carbonyl (C=O) groups is 1. The van der Waals surface area contributed by atoms with E-state index < -0.39 is 0 Å². The number of thiophene rings is 1. The molecule has 2 rings (SSSR count). The molecule has 0 aliphatic rings. The number of carbonyl (C=O) groups excluding carboxylic acids is 1. The highest BCUT2D eigenvalue weighted by molar-refractivity contribution is 7.11. The number of nitrogens with one attached hydrogen (secondary N) is 1. The molecule has 3 nitrogen and oxygen atoms in total. The van der Waals surface area contributed by atoms with Crippen LogP contribution in [0.2, 0.25) is 0 Å². The molecule has 5 heteroatoms. The summed E-state index contributed by atoms with van der Waals surface area (Å²) >= 11 is 3.28. The first-order valence-corrected chi connectivity index (χ1v) is 7.12. The molecule has 17 heavy (non-hydrogen) atoms. The van der Waals surface area contributed by atoms with Crippen LogP contribution in [0.15, 0.2) is 16.8 Å². The summed E-state index contributed by atoms with van der Waals surface area (Å²) in [5, 5.41) is 7.97. The van der Waals surface area contributed by atoms with Crippen molar-refractivity contribution in [1.29, 1.82) is 0 Å². The number of aryl methyl sites for hydroxylation is 2. The Bertz CT molecular complexity index is 503. The highest BCUT2D eigenvalue weighted by atomic mass is 32.1. The van der Waals surface area contributed by atoms with Gasteiger partial charge >= 0.3 is 0 Å². The number of aromatic nitrogens is 1. The molecule has 0 saturated carbocycles. The molecule has 90 valence electrons. The lowest BCUT2D eigenvalue weighted by Gasteiger charge is -2.02. The van der Waals surface area contributed by atoms with E-state index in [0.29, 0.717) is 13.0 Å². The lowest BCUT2D eigenvalue weighted by atomic mass is 10.2. The Kier molecular flexibility index (Phi) is 3.91. The van der Waals surface area contributed by atoms with E-state index in [1.807, 2.05) is 30.7 Å². The van der Waals surface area contributed by atoms with Crippen molar-refractivity contribution in [2.45, 2.75) is 26.8 Å². The Morgan fingerprint density at radius 3 is 2.88 bits per heavy atom. The van der Waals surface area contributed by atoms with Crippen LogP contribution in [-0.2, 0) is 17.8 Å². The second-order valence-electron chi connectivity index (χ2n) is 3.82. The van der Waals surface area contributed by atoms with Gasteiger partial charge < -0.3 is 5.32 Å². The summed E-state index contributed by atoms with van der Waals surface area (Å²) in [7, 11) is 0. The van der Waals surface area contributed by atoms with Crippen molar-refractivity contribution in [2.75, 3.05) is 0 Å². The predicted molar refractivity (Wildman–Crippen MR) is 71.5 cm³/mol. The molecule has 0 fully saturated rings. The quantitative estimate of drug-likeness (QED) is 0.924. The van der Waals surface area contributed by atoms with Crippen LogP contribution in [0.4, 0.5) is 0 Å². The van der Waals surface area contributed by atoms with E-state index in [1.54, 1.807) is 22.7 Å². The number of hydrogen-bond donors (Lipinski definition) is 1. The van der Waals surface area contributed by atoms with Gasteiger partial charge in [0.15, 0.2) is 0 Å². The smallest absolute Gasteiger partial charge is 0.226 e. The molecule has 0 aromatic carbocycles. The van der Waals surface area contributed by atoms with E-state index in [4.69, 9.17) is 0 Å². The molecule has 2 aromatic rings. The molecular weight excluding hydrogens is 252 g/mol. The van der Waals surface area contributed by atoms with Crippen molar-refractivity contribution >= 4 is 28.6 Å². The van der Waals surface area contributed by atoms with Crippen LogP contribution in [0.1, 0.15) is 21.1 Å².